The lowest BCUT2D eigenvalue weighted by Gasteiger charge is -2.50. The Balaban J connectivity index is 1.22. The Kier molecular flexibility index (Phi) is 8.99. The molecule has 0 aromatic heterocycles. The molecule has 0 bridgehead atoms. The molecule has 0 unspecified atom stereocenters. The van der Waals surface area contributed by atoms with E-state index in [1.807, 2.05) is 13.8 Å². The SMILES string of the molecule is CC[C@]1(C[C@@H]2CC(C(=O)OC)=C3Nc4ccccc4[C@@]34CCN([C@H](C)[C]3[CH][CH][CH][C]3P(c3ccccc3)c3ccccc3)[C@@H]24)COC(C)(C)O1. The van der Waals surface area contributed by atoms with E-state index in [2.05, 4.69) is 128 Å². The van der Waals surface area contributed by atoms with Crippen LogP contribution in [-0.4, -0.2) is 54.6 Å². The molecule has 3 heterocycles. The highest BCUT2D eigenvalue weighted by atomic mass is 31.1. The fraction of sp³-hybridized carbons (Fsp3) is 0.395. The van der Waals surface area contributed by atoms with E-state index in [0.717, 1.165) is 42.8 Å². The first-order chi connectivity index (χ1) is 24.2. The van der Waals surface area contributed by atoms with Crippen molar-refractivity contribution >= 4 is 30.2 Å². The second-order valence-electron chi connectivity index (χ2n) is 15.0. The van der Waals surface area contributed by atoms with Crippen LogP contribution in [0, 0.1) is 36.8 Å². The van der Waals surface area contributed by atoms with Crippen LogP contribution in [0.1, 0.15) is 58.9 Å². The Morgan fingerprint density at radius 3 is 2.32 bits per heavy atom. The van der Waals surface area contributed by atoms with Gasteiger partial charge < -0.3 is 19.5 Å². The monoisotopic (exact) mass is 687 g/mol. The van der Waals surface area contributed by atoms with Crippen molar-refractivity contribution in [3.63, 3.8) is 0 Å². The molecule has 1 spiro atoms. The van der Waals surface area contributed by atoms with Crippen molar-refractivity contribution in [1.29, 1.82) is 0 Å². The predicted molar refractivity (Wildman–Crippen MR) is 201 cm³/mol. The predicted octanol–water partition coefficient (Wildman–Crippen LogP) is 7.45. The molecule has 1 N–H and O–H groups in total. The molecule has 3 fully saturated rings. The van der Waals surface area contributed by atoms with Gasteiger partial charge >= 0.3 is 5.97 Å². The zero-order chi connectivity index (χ0) is 34.7. The first-order valence-corrected chi connectivity index (χ1v) is 19.5. The third-order valence-corrected chi connectivity index (χ3v) is 14.4. The number of ether oxygens (including phenoxy) is 3. The quantitative estimate of drug-likeness (QED) is 0.186. The van der Waals surface area contributed by atoms with E-state index < -0.39 is 19.3 Å². The van der Waals surface area contributed by atoms with Crippen molar-refractivity contribution in [2.75, 3.05) is 25.6 Å². The van der Waals surface area contributed by atoms with Crippen LogP contribution in [0.25, 0.3) is 0 Å². The van der Waals surface area contributed by atoms with Gasteiger partial charge in [-0.25, -0.2) is 4.79 Å². The summed E-state index contributed by atoms with van der Waals surface area (Å²) >= 11 is 0. The first-order valence-electron chi connectivity index (χ1n) is 18.1. The van der Waals surface area contributed by atoms with Crippen LogP contribution < -0.4 is 15.9 Å². The van der Waals surface area contributed by atoms with Crippen molar-refractivity contribution in [1.82, 2.24) is 4.90 Å². The fourth-order valence-corrected chi connectivity index (χ4v) is 12.3. The van der Waals surface area contributed by atoms with Crippen molar-refractivity contribution in [3.8, 4) is 0 Å². The molecule has 5 aliphatic rings. The fourth-order valence-electron chi connectivity index (χ4n) is 9.75. The second kappa shape index (κ2) is 13.2. The minimum Gasteiger partial charge on any atom is -0.466 e. The molecule has 2 aliphatic carbocycles. The summed E-state index contributed by atoms with van der Waals surface area (Å²) < 4.78 is 18.5. The number of benzene rings is 3. The Labute approximate surface area is 299 Å². The molecule has 3 aliphatic heterocycles. The Morgan fingerprint density at radius 2 is 1.68 bits per heavy atom. The van der Waals surface area contributed by atoms with Gasteiger partial charge in [0.1, 0.15) is 0 Å². The highest BCUT2D eigenvalue weighted by molar-refractivity contribution is 7.76. The molecule has 2 saturated heterocycles. The minimum absolute atomic E-state index is 0.131. The van der Waals surface area contributed by atoms with Crippen LogP contribution >= 0.6 is 7.92 Å². The number of hydrogen-bond acceptors (Lipinski definition) is 6. The number of likely N-dealkylation sites (tertiary alicyclic amines) is 1. The van der Waals surface area contributed by atoms with E-state index in [-0.39, 0.29) is 29.4 Å². The molecule has 50 heavy (non-hydrogen) atoms. The van der Waals surface area contributed by atoms with E-state index >= 15 is 0 Å². The zero-order valence-corrected chi connectivity index (χ0v) is 30.7. The molecule has 3 aromatic rings. The molecule has 6 nitrogen and oxygen atoms in total. The van der Waals surface area contributed by atoms with Gasteiger partial charge in [0.25, 0.3) is 0 Å². The van der Waals surface area contributed by atoms with Crippen LogP contribution in [0.15, 0.2) is 96.2 Å². The third-order valence-electron chi connectivity index (χ3n) is 11.9. The maximum Gasteiger partial charge on any atom is 0.335 e. The van der Waals surface area contributed by atoms with Crippen molar-refractivity contribution in [2.24, 2.45) is 5.92 Å². The summed E-state index contributed by atoms with van der Waals surface area (Å²) in [6, 6.07) is 30.9. The van der Waals surface area contributed by atoms with Crippen LogP contribution in [0.4, 0.5) is 5.69 Å². The van der Waals surface area contributed by atoms with Crippen molar-refractivity contribution < 1.29 is 19.0 Å². The lowest BCUT2D eigenvalue weighted by molar-refractivity contribution is -0.167. The van der Waals surface area contributed by atoms with E-state index in [9.17, 15) is 4.79 Å². The normalized spacial score (nSPS) is 29.9. The Bertz CT molecular complexity index is 1710. The Morgan fingerprint density at radius 1 is 1.00 bits per heavy atom. The number of rotatable bonds is 9. The molecular formula is C43H48N2O4P. The van der Waals surface area contributed by atoms with Crippen molar-refractivity contribution in [3.05, 3.63) is 133 Å². The van der Waals surface area contributed by atoms with E-state index in [4.69, 9.17) is 14.2 Å². The molecule has 259 valence electrons. The summed E-state index contributed by atoms with van der Waals surface area (Å²) in [5.41, 5.74) is 4.81. The van der Waals surface area contributed by atoms with Gasteiger partial charge in [-0.1, -0.05) is 85.8 Å². The molecule has 0 amide bonds. The van der Waals surface area contributed by atoms with Crippen LogP contribution in [0.2, 0.25) is 0 Å². The molecule has 7 heteroatoms. The maximum absolute atomic E-state index is 13.7. The summed E-state index contributed by atoms with van der Waals surface area (Å²) in [6.45, 7) is 10.1. The number of nitrogens with zero attached hydrogens (tertiary/aromatic N) is 1. The minimum atomic E-state index is -0.759. The highest BCUT2D eigenvalue weighted by Crippen LogP contribution is 2.63. The largest absolute Gasteiger partial charge is 0.466 e. The third kappa shape index (κ3) is 5.57. The lowest BCUT2D eigenvalue weighted by Crippen LogP contribution is -2.56. The lowest BCUT2D eigenvalue weighted by atomic mass is 9.61. The summed E-state index contributed by atoms with van der Waals surface area (Å²) in [6.07, 6.45) is 10.1. The van der Waals surface area contributed by atoms with Crippen LogP contribution in [-0.2, 0) is 24.4 Å². The molecule has 5 atom stereocenters. The average Bonchev–Trinajstić information content (AvgIpc) is 3.92. The second-order valence-corrected chi connectivity index (χ2v) is 17.1. The van der Waals surface area contributed by atoms with E-state index in [1.54, 1.807) is 0 Å². The zero-order valence-electron chi connectivity index (χ0n) is 29.8. The van der Waals surface area contributed by atoms with Gasteiger partial charge in [0.2, 0.25) is 0 Å². The number of hydrogen-bond donors (Lipinski definition) is 1. The van der Waals surface area contributed by atoms with Crippen molar-refractivity contribution in [2.45, 2.75) is 82.3 Å². The van der Waals surface area contributed by atoms with E-state index in [0.29, 0.717) is 13.0 Å². The van der Waals surface area contributed by atoms with Crippen LogP contribution in [0.3, 0.4) is 0 Å². The number of methoxy groups -OCH3 is 1. The molecule has 5 radical (unpaired) electrons. The first kappa shape index (κ1) is 34.1. The number of anilines is 1. The molecule has 1 saturated carbocycles. The van der Waals surface area contributed by atoms with Gasteiger partial charge in [0.05, 0.1) is 30.3 Å². The standard InChI is InChI=1S/C43H48N2O4P/c1-6-42(28-48-41(3,4)49-42)27-30-26-34(40(46)47-5)38-43(35-21-13-14-22-36(35)44-38)24-25-45(39(30)43)29(2)33-20-15-23-37(33)50(31-16-9-7-10-17-31)32-18-11-8-12-19-32/h7-23,29-30,39,44H,6,24-28H2,1-5H3/t29-,30+,39+,42+,43+/m1/s1. The summed E-state index contributed by atoms with van der Waals surface area (Å²) in [5.74, 6) is 0.634. The Hall–Kier alpha value is -3.02. The number of esters is 1. The van der Waals surface area contributed by atoms with E-state index in [1.165, 1.54) is 34.9 Å². The van der Waals surface area contributed by atoms with Gasteiger partial charge in [-0.05, 0) is 102 Å². The molecule has 3 aromatic carbocycles. The number of nitrogens with one attached hydrogen (secondary N) is 1. The summed E-state index contributed by atoms with van der Waals surface area (Å²) in [7, 11) is 0.749. The summed E-state index contributed by atoms with van der Waals surface area (Å²) in [4.78, 5) is 16.5. The maximum atomic E-state index is 13.7. The molecular weight excluding hydrogens is 639 g/mol. The topological polar surface area (TPSA) is 60.0 Å². The smallest absolute Gasteiger partial charge is 0.335 e. The average molecular weight is 688 g/mol. The number of fused-ring (bicyclic) bond motifs is 1. The number of para-hydroxylation sites is 1. The summed E-state index contributed by atoms with van der Waals surface area (Å²) in [5, 5.41) is 6.49. The van der Waals surface area contributed by atoms with Gasteiger partial charge in [0, 0.05) is 41.6 Å². The van der Waals surface area contributed by atoms with Gasteiger partial charge in [-0.2, -0.15) is 0 Å². The van der Waals surface area contributed by atoms with Gasteiger partial charge in [-0.3, -0.25) is 4.90 Å². The van der Waals surface area contributed by atoms with Crippen LogP contribution in [0.5, 0.6) is 0 Å². The number of carbonyl (C=O) groups excluding carboxylic acids is 1. The highest BCUT2D eigenvalue weighted by Gasteiger charge is 2.63. The van der Waals surface area contributed by atoms with Gasteiger partial charge in [-0.15, -0.1) is 0 Å². The molecule has 8 rings (SSSR count). The van der Waals surface area contributed by atoms with Gasteiger partial charge in [0.15, 0.2) is 5.79 Å². The number of carbonyl (C=O) groups is 1.